The summed E-state index contributed by atoms with van der Waals surface area (Å²) in [6.07, 6.45) is 0.731. The molecule has 2 rings (SSSR count). The van der Waals surface area contributed by atoms with Crippen LogP contribution in [0, 0.1) is 0 Å². The average molecular weight is 348 g/mol. The molecule has 0 amide bonds. The van der Waals surface area contributed by atoms with Crippen LogP contribution in [0.1, 0.15) is 30.4 Å². The number of esters is 1. The number of hydrogen-bond acceptors (Lipinski definition) is 3. The lowest BCUT2D eigenvalue weighted by Gasteiger charge is -2.21. The van der Waals surface area contributed by atoms with Gasteiger partial charge in [0.25, 0.3) is 0 Å². The summed E-state index contributed by atoms with van der Waals surface area (Å²) < 4.78 is 5.71. The van der Waals surface area contributed by atoms with Gasteiger partial charge in [0.05, 0.1) is 0 Å². The average Bonchev–Trinajstić information content (AvgIpc) is 2.55. The van der Waals surface area contributed by atoms with Crippen LogP contribution < -0.4 is 0 Å². The number of carbonyl (C=O) groups excluding carboxylic acids is 1. The predicted molar refractivity (Wildman–Crippen MR) is 101 cm³/mol. The van der Waals surface area contributed by atoms with Gasteiger partial charge in [-0.05, 0) is 38.6 Å². The molecule has 2 aromatic carbocycles. The molecule has 0 aliphatic heterocycles. The van der Waals surface area contributed by atoms with E-state index in [0.29, 0.717) is 0 Å². The van der Waals surface area contributed by atoms with Gasteiger partial charge in [-0.2, -0.15) is 0 Å². The molecule has 0 saturated carbocycles. The fraction of sp³-hybridized carbons (Fsp3) is 0.350. The Bertz CT molecular complexity index is 562. The number of rotatable bonds is 7. The number of halogens is 1. The van der Waals surface area contributed by atoms with Crippen molar-refractivity contribution in [3.8, 4) is 0 Å². The molecule has 1 atom stereocenters. The van der Waals surface area contributed by atoms with Crippen molar-refractivity contribution >= 4 is 18.4 Å². The van der Waals surface area contributed by atoms with E-state index < -0.39 is 0 Å². The Balaban J connectivity index is 0.00000288. The second-order valence-corrected chi connectivity index (χ2v) is 6.09. The van der Waals surface area contributed by atoms with Gasteiger partial charge in [0, 0.05) is 6.54 Å². The van der Waals surface area contributed by atoms with Crippen molar-refractivity contribution in [3.63, 3.8) is 0 Å². The molecule has 1 unspecified atom stereocenters. The lowest BCUT2D eigenvalue weighted by molar-refractivity contribution is -0.149. The van der Waals surface area contributed by atoms with E-state index in [2.05, 4.69) is 4.90 Å². The van der Waals surface area contributed by atoms with Gasteiger partial charge in [-0.15, -0.1) is 12.4 Å². The zero-order valence-electron chi connectivity index (χ0n) is 14.5. The summed E-state index contributed by atoms with van der Waals surface area (Å²) in [4.78, 5) is 14.9. The molecule has 4 heteroatoms. The van der Waals surface area contributed by atoms with Gasteiger partial charge in [-0.25, -0.2) is 0 Å². The fourth-order valence-corrected chi connectivity index (χ4v) is 2.52. The molecule has 0 aromatic heterocycles. The first-order chi connectivity index (χ1) is 11.1. The van der Waals surface area contributed by atoms with Gasteiger partial charge in [-0.1, -0.05) is 60.7 Å². The lowest BCUT2D eigenvalue weighted by Crippen LogP contribution is -2.25. The molecule has 0 N–H and O–H groups in total. The van der Waals surface area contributed by atoms with E-state index >= 15 is 0 Å². The van der Waals surface area contributed by atoms with Crippen LogP contribution in [0.25, 0.3) is 0 Å². The van der Waals surface area contributed by atoms with Gasteiger partial charge >= 0.3 is 5.97 Å². The van der Waals surface area contributed by atoms with Crippen LogP contribution in [0.5, 0.6) is 0 Å². The third-order valence-corrected chi connectivity index (χ3v) is 3.80. The second-order valence-electron chi connectivity index (χ2n) is 6.09. The summed E-state index contributed by atoms with van der Waals surface area (Å²) in [6.45, 7) is 2.85. The first kappa shape index (κ1) is 20.2. The summed E-state index contributed by atoms with van der Waals surface area (Å²) in [7, 11) is 4.04. The van der Waals surface area contributed by atoms with Crippen LogP contribution in [-0.4, -0.2) is 37.6 Å². The number of nitrogens with zero attached hydrogens (tertiary/aromatic N) is 1. The van der Waals surface area contributed by atoms with E-state index in [0.717, 1.165) is 24.1 Å². The summed E-state index contributed by atoms with van der Waals surface area (Å²) in [5, 5.41) is 0. The van der Waals surface area contributed by atoms with Gasteiger partial charge in [0.15, 0.2) is 0 Å². The zero-order valence-corrected chi connectivity index (χ0v) is 15.3. The largest absolute Gasteiger partial charge is 0.462 e. The summed E-state index contributed by atoms with van der Waals surface area (Å²) in [5.41, 5.74) is 1.92. The predicted octanol–water partition coefficient (Wildman–Crippen LogP) is 4.12. The summed E-state index contributed by atoms with van der Waals surface area (Å²) >= 11 is 0. The van der Waals surface area contributed by atoms with Gasteiger partial charge < -0.3 is 9.64 Å². The number of benzene rings is 2. The number of hydrogen-bond donors (Lipinski definition) is 0. The van der Waals surface area contributed by atoms with E-state index in [9.17, 15) is 4.79 Å². The minimum atomic E-state index is -0.376. The second kappa shape index (κ2) is 10.1. The molecule has 2 aromatic rings. The Morgan fingerprint density at radius 2 is 1.42 bits per heavy atom. The van der Waals surface area contributed by atoms with Crippen LogP contribution in [0.15, 0.2) is 60.7 Å². The van der Waals surface area contributed by atoms with Crippen molar-refractivity contribution < 1.29 is 9.53 Å². The SMILES string of the molecule is CC(CCN(C)C)OC(=O)C(c1ccccc1)c1ccccc1.Cl. The van der Waals surface area contributed by atoms with Crippen LogP contribution in [-0.2, 0) is 9.53 Å². The molecular weight excluding hydrogens is 322 g/mol. The van der Waals surface area contributed by atoms with E-state index in [-0.39, 0.29) is 30.4 Å². The standard InChI is InChI=1S/C20H25NO2.ClH/c1-16(14-15-21(2)3)23-20(22)19(17-10-6-4-7-11-17)18-12-8-5-9-13-18;/h4-13,16,19H,14-15H2,1-3H3;1H. The Kier molecular flexibility index (Phi) is 8.51. The fourth-order valence-electron chi connectivity index (χ4n) is 2.52. The van der Waals surface area contributed by atoms with Crippen molar-refractivity contribution in [2.75, 3.05) is 20.6 Å². The molecule has 0 bridgehead atoms. The normalized spacial score (nSPS) is 11.9. The van der Waals surface area contributed by atoms with Crippen molar-refractivity contribution in [2.45, 2.75) is 25.4 Å². The molecule has 130 valence electrons. The third kappa shape index (κ3) is 5.99. The maximum Gasteiger partial charge on any atom is 0.318 e. The van der Waals surface area contributed by atoms with E-state index in [4.69, 9.17) is 4.74 Å². The van der Waals surface area contributed by atoms with E-state index in [1.807, 2.05) is 81.7 Å². The minimum Gasteiger partial charge on any atom is -0.462 e. The topological polar surface area (TPSA) is 29.5 Å². The van der Waals surface area contributed by atoms with Crippen molar-refractivity contribution in [3.05, 3.63) is 71.8 Å². The minimum absolute atomic E-state index is 0. The van der Waals surface area contributed by atoms with Crippen LogP contribution in [0.3, 0.4) is 0 Å². The third-order valence-electron chi connectivity index (χ3n) is 3.80. The van der Waals surface area contributed by atoms with E-state index in [1.54, 1.807) is 0 Å². The van der Waals surface area contributed by atoms with Crippen LogP contribution in [0.4, 0.5) is 0 Å². The lowest BCUT2D eigenvalue weighted by atomic mass is 9.91. The molecule has 24 heavy (non-hydrogen) atoms. The molecular formula is C20H26ClNO2. The monoisotopic (exact) mass is 347 g/mol. The molecule has 0 spiro atoms. The van der Waals surface area contributed by atoms with Crippen molar-refractivity contribution in [2.24, 2.45) is 0 Å². The maximum atomic E-state index is 12.8. The van der Waals surface area contributed by atoms with Crippen LogP contribution >= 0.6 is 12.4 Å². The number of carbonyl (C=O) groups is 1. The molecule has 0 fully saturated rings. The number of ether oxygens (including phenoxy) is 1. The highest BCUT2D eigenvalue weighted by atomic mass is 35.5. The Hall–Kier alpha value is -1.84. The zero-order chi connectivity index (χ0) is 16.7. The first-order valence-electron chi connectivity index (χ1n) is 8.03. The smallest absolute Gasteiger partial charge is 0.318 e. The van der Waals surface area contributed by atoms with Gasteiger partial charge in [-0.3, -0.25) is 4.79 Å². The first-order valence-corrected chi connectivity index (χ1v) is 8.03. The molecule has 0 saturated heterocycles. The molecule has 0 aliphatic carbocycles. The Morgan fingerprint density at radius 1 is 0.958 bits per heavy atom. The van der Waals surface area contributed by atoms with E-state index in [1.165, 1.54) is 0 Å². The summed E-state index contributed by atoms with van der Waals surface area (Å²) in [5.74, 6) is -0.562. The van der Waals surface area contributed by atoms with Crippen molar-refractivity contribution in [1.29, 1.82) is 0 Å². The molecule has 0 heterocycles. The maximum absolute atomic E-state index is 12.8. The highest BCUT2D eigenvalue weighted by Crippen LogP contribution is 2.26. The molecule has 3 nitrogen and oxygen atoms in total. The molecule has 0 aliphatic rings. The van der Waals surface area contributed by atoms with Crippen molar-refractivity contribution in [1.82, 2.24) is 4.90 Å². The van der Waals surface area contributed by atoms with Gasteiger partial charge in [0.2, 0.25) is 0 Å². The Morgan fingerprint density at radius 3 is 1.83 bits per heavy atom. The molecule has 0 radical (unpaired) electrons. The highest BCUT2D eigenvalue weighted by molar-refractivity contribution is 5.85. The summed E-state index contributed by atoms with van der Waals surface area (Å²) in [6, 6.07) is 19.6. The quantitative estimate of drug-likeness (QED) is 0.705. The Labute approximate surface area is 151 Å². The van der Waals surface area contributed by atoms with Gasteiger partial charge in [0.1, 0.15) is 12.0 Å². The van der Waals surface area contributed by atoms with Crippen LogP contribution in [0.2, 0.25) is 0 Å². The highest BCUT2D eigenvalue weighted by Gasteiger charge is 2.25.